The first kappa shape index (κ1) is 62.3. The van der Waals surface area contributed by atoms with Crippen molar-refractivity contribution >= 4 is 11.9 Å². The maximum Gasteiger partial charge on any atom is 0.315 e. The van der Waals surface area contributed by atoms with Gasteiger partial charge in [0.1, 0.15) is 97.7 Å². The van der Waals surface area contributed by atoms with Crippen LogP contribution in [0.15, 0.2) is 11.6 Å². The molecule has 458 valence electrons. The standard InChI is InChI=1S/C54H86O26/c1-49(21-57)12-14-54(48(72)80-46-42(69)38(65)34(61)27(78-46)20-74-44-40(67)36(63)32(59)25(18-56)76-44)15-13-51(3)22(23(54)16-49)6-7-28-50(2)10-9-30(53(5,47(70)71)29(50)8-11-52(28,51)4)79-45-41(68)37(64)33(60)26(77-45)19-73-43-39(66)35(62)31(58)24(17-55)75-43/h6,23-46,55-69H,7-21H2,1-5H3,(H,70,71)/t23-,24-,25-,26-,27-,28-,29+,30+,31-,32-,33-,34-,35+,36+,37+,38+,39-,40-,41-,42-,43-,44-,45+,46+,49-,50-,51-,52-,53+,54+/m1/s1. The van der Waals surface area contributed by atoms with E-state index in [1.54, 1.807) is 6.92 Å². The third kappa shape index (κ3) is 10.0. The molecule has 0 radical (unpaired) electrons. The molecule has 5 aliphatic carbocycles. The van der Waals surface area contributed by atoms with Gasteiger partial charge in [0.05, 0.1) is 43.4 Å². The molecule has 9 aliphatic rings. The molecule has 26 heteroatoms. The fourth-order valence-corrected chi connectivity index (χ4v) is 16.3. The molecule has 0 unspecified atom stereocenters. The van der Waals surface area contributed by atoms with Crippen molar-refractivity contribution in [3.05, 3.63) is 11.6 Å². The molecule has 0 aromatic heterocycles. The minimum Gasteiger partial charge on any atom is -0.481 e. The van der Waals surface area contributed by atoms with E-state index >= 15 is 4.79 Å². The Balaban J connectivity index is 0.929. The van der Waals surface area contributed by atoms with E-state index in [9.17, 15) is 86.5 Å². The van der Waals surface area contributed by atoms with Crippen LogP contribution in [0.5, 0.6) is 0 Å². The number of aliphatic hydroxyl groups excluding tert-OH is 15. The first-order valence-corrected chi connectivity index (χ1v) is 28.2. The van der Waals surface area contributed by atoms with Gasteiger partial charge in [-0.1, -0.05) is 39.3 Å². The summed E-state index contributed by atoms with van der Waals surface area (Å²) in [6, 6.07) is 0. The lowest BCUT2D eigenvalue weighted by Gasteiger charge is -2.71. The van der Waals surface area contributed by atoms with Crippen molar-refractivity contribution in [2.75, 3.05) is 33.0 Å². The number of carboxylic acids is 1. The number of carbonyl (C=O) groups excluding carboxylic acids is 1. The van der Waals surface area contributed by atoms with Crippen LogP contribution in [-0.2, 0) is 47.5 Å². The van der Waals surface area contributed by atoms with Gasteiger partial charge in [0, 0.05) is 6.61 Å². The first-order chi connectivity index (χ1) is 37.5. The molecule has 26 nitrogen and oxygen atoms in total. The van der Waals surface area contributed by atoms with Crippen LogP contribution in [0.2, 0.25) is 0 Å². The van der Waals surface area contributed by atoms with Crippen LogP contribution in [0.4, 0.5) is 0 Å². The van der Waals surface area contributed by atoms with E-state index in [0.717, 1.165) is 5.57 Å². The second-order valence-corrected chi connectivity index (χ2v) is 25.9. The Hall–Kier alpha value is -2.20. The summed E-state index contributed by atoms with van der Waals surface area (Å²) < 4.78 is 46.4. The zero-order valence-corrected chi connectivity index (χ0v) is 45.8. The lowest BCUT2D eigenvalue weighted by molar-refractivity contribution is -0.345. The fraction of sp³-hybridized carbons (Fsp3) is 0.926. The monoisotopic (exact) mass is 1150 g/mol. The first-order valence-electron chi connectivity index (χ1n) is 28.2. The fourth-order valence-electron chi connectivity index (χ4n) is 16.3. The summed E-state index contributed by atoms with van der Waals surface area (Å²) >= 11 is 0. The Bertz CT molecular complexity index is 2240. The van der Waals surface area contributed by atoms with Crippen LogP contribution < -0.4 is 0 Å². The lowest BCUT2D eigenvalue weighted by atomic mass is 9.33. The number of carbonyl (C=O) groups is 2. The van der Waals surface area contributed by atoms with Crippen LogP contribution in [-0.4, -0.2) is 256 Å². The quantitative estimate of drug-likeness (QED) is 0.0448. The molecule has 0 spiro atoms. The van der Waals surface area contributed by atoms with Gasteiger partial charge in [-0.3, -0.25) is 9.59 Å². The van der Waals surface area contributed by atoms with E-state index in [-0.39, 0.29) is 18.9 Å². The van der Waals surface area contributed by atoms with E-state index < -0.39 is 212 Å². The summed E-state index contributed by atoms with van der Waals surface area (Å²) in [7, 11) is 0. The number of carboxylic acid groups (broad SMARTS) is 1. The summed E-state index contributed by atoms with van der Waals surface area (Å²) in [5.41, 5.74) is -4.07. The average molecular weight is 1150 g/mol. The van der Waals surface area contributed by atoms with Gasteiger partial charge in [-0.15, -0.1) is 0 Å². The number of aliphatic hydroxyl groups is 15. The Morgan fingerprint density at radius 1 is 0.550 bits per heavy atom. The average Bonchev–Trinajstić information content (AvgIpc) is 3.43. The molecule has 4 saturated heterocycles. The number of ether oxygens (including phenoxy) is 8. The molecule has 8 fully saturated rings. The summed E-state index contributed by atoms with van der Waals surface area (Å²) in [6.45, 7) is 7.29. The van der Waals surface area contributed by atoms with Crippen LogP contribution in [0.1, 0.15) is 98.8 Å². The molecular weight excluding hydrogens is 1060 g/mol. The molecule has 0 aromatic carbocycles. The molecule has 30 atom stereocenters. The van der Waals surface area contributed by atoms with Crippen LogP contribution >= 0.6 is 0 Å². The molecule has 4 heterocycles. The molecular formula is C54H86O26. The van der Waals surface area contributed by atoms with Crippen molar-refractivity contribution < 1.29 is 129 Å². The van der Waals surface area contributed by atoms with Gasteiger partial charge in [0.15, 0.2) is 18.9 Å². The minimum absolute atomic E-state index is 0.104. The van der Waals surface area contributed by atoms with Crippen molar-refractivity contribution in [2.45, 2.75) is 228 Å². The van der Waals surface area contributed by atoms with E-state index in [1.807, 2.05) is 6.92 Å². The smallest absolute Gasteiger partial charge is 0.315 e. The zero-order chi connectivity index (χ0) is 58.6. The third-order valence-electron chi connectivity index (χ3n) is 21.8. The molecule has 80 heavy (non-hydrogen) atoms. The highest BCUT2D eigenvalue weighted by Crippen LogP contribution is 2.76. The summed E-state index contributed by atoms with van der Waals surface area (Å²) in [5, 5.41) is 170. The van der Waals surface area contributed by atoms with Gasteiger partial charge >= 0.3 is 11.9 Å². The molecule has 4 aliphatic heterocycles. The molecule has 16 N–H and O–H groups in total. The van der Waals surface area contributed by atoms with Gasteiger partial charge in [0.2, 0.25) is 6.29 Å². The largest absolute Gasteiger partial charge is 0.481 e. The molecule has 0 amide bonds. The van der Waals surface area contributed by atoms with E-state index in [4.69, 9.17) is 37.9 Å². The Morgan fingerprint density at radius 2 is 1.02 bits per heavy atom. The second-order valence-electron chi connectivity index (χ2n) is 25.9. The number of rotatable bonds is 14. The number of aliphatic carboxylic acids is 1. The van der Waals surface area contributed by atoms with E-state index in [1.165, 1.54) is 0 Å². The summed E-state index contributed by atoms with van der Waals surface area (Å²) in [6.07, 6.45) is -28.6. The minimum atomic E-state index is -1.92. The van der Waals surface area contributed by atoms with Crippen molar-refractivity contribution in [2.24, 2.45) is 50.2 Å². The Morgan fingerprint density at radius 3 is 1.54 bits per heavy atom. The van der Waals surface area contributed by atoms with Crippen LogP contribution in [0.3, 0.4) is 0 Å². The van der Waals surface area contributed by atoms with Crippen LogP contribution in [0.25, 0.3) is 0 Å². The highest BCUT2D eigenvalue weighted by atomic mass is 16.8. The topological polar surface area (TPSA) is 432 Å². The SMILES string of the molecule is C[C@@]1(CO)CC[C@]2(C(=O)O[C@@H]3O[C@H](CO[C@@H]4O[C@H](CO)[C@@H](O)[C@H](O)[C@H]4O)[C@@H](O)[C@H](O)[C@H]3O)CC[C@]3(C)C(=CC[C@@H]4[C@@]5(C)CC[C@H](O[C@@H]6O[C@H](CO[C@@H]7O[C@H](CO)[C@@H](O)[C@H](O)[C@H]7O)[C@@H](O)[C@H](O)[C@H]6O)[C@@](C)(C(=O)O)[C@H]5CC[C@]43C)[C@H]2C1. The van der Waals surface area contributed by atoms with Crippen molar-refractivity contribution in [3.63, 3.8) is 0 Å². The van der Waals surface area contributed by atoms with E-state index in [0.29, 0.717) is 57.8 Å². The number of esters is 1. The van der Waals surface area contributed by atoms with Crippen molar-refractivity contribution in [1.29, 1.82) is 0 Å². The Kier molecular flexibility index (Phi) is 17.8. The number of allylic oxidation sites excluding steroid dienone is 2. The number of fused-ring (bicyclic) bond motifs is 7. The zero-order valence-electron chi connectivity index (χ0n) is 45.8. The lowest BCUT2D eigenvalue weighted by Crippen LogP contribution is -2.68. The van der Waals surface area contributed by atoms with Gasteiger partial charge in [0.25, 0.3) is 0 Å². The summed E-state index contributed by atoms with van der Waals surface area (Å²) in [5.74, 6) is -2.96. The summed E-state index contributed by atoms with van der Waals surface area (Å²) in [4.78, 5) is 29.0. The van der Waals surface area contributed by atoms with Crippen molar-refractivity contribution in [1.82, 2.24) is 0 Å². The molecule has 4 saturated carbocycles. The maximum absolute atomic E-state index is 15.1. The highest BCUT2D eigenvalue weighted by Gasteiger charge is 2.72. The third-order valence-corrected chi connectivity index (χ3v) is 21.8. The van der Waals surface area contributed by atoms with Crippen LogP contribution in [0, 0.1) is 50.2 Å². The van der Waals surface area contributed by atoms with Gasteiger partial charge in [-0.2, -0.15) is 0 Å². The Labute approximate surface area is 462 Å². The second kappa shape index (κ2) is 22.9. The predicted octanol–water partition coefficient (Wildman–Crippen LogP) is -4.00. The van der Waals surface area contributed by atoms with Gasteiger partial charge in [-0.25, -0.2) is 0 Å². The molecule has 9 rings (SSSR count). The van der Waals surface area contributed by atoms with Gasteiger partial charge in [-0.05, 0) is 111 Å². The number of hydrogen-bond donors (Lipinski definition) is 16. The van der Waals surface area contributed by atoms with E-state index in [2.05, 4.69) is 26.8 Å². The maximum atomic E-state index is 15.1. The van der Waals surface area contributed by atoms with Gasteiger partial charge < -0.3 is 120 Å². The predicted molar refractivity (Wildman–Crippen MR) is 266 cm³/mol. The highest BCUT2D eigenvalue weighted by molar-refractivity contribution is 5.79. The number of hydrogen-bond acceptors (Lipinski definition) is 25. The molecule has 0 aromatic rings. The molecule has 0 bridgehead atoms. The normalized spacial score (nSPS) is 54.2. The van der Waals surface area contributed by atoms with Crippen molar-refractivity contribution in [3.8, 4) is 0 Å².